The fraction of sp³-hybridized carbons (Fsp3) is 0.227. The third-order valence-electron chi connectivity index (χ3n) is 4.68. The third kappa shape index (κ3) is 3.33. The zero-order valence-electron chi connectivity index (χ0n) is 14.1. The van der Waals surface area contributed by atoms with E-state index in [9.17, 15) is 9.90 Å². The minimum atomic E-state index is -0.753. The average molecular weight is 318 g/mol. The molecule has 0 heterocycles. The van der Waals surface area contributed by atoms with Gasteiger partial charge in [0.05, 0.1) is 5.92 Å². The van der Waals surface area contributed by atoms with Gasteiger partial charge in [-0.05, 0) is 54.2 Å². The van der Waals surface area contributed by atoms with Crippen molar-refractivity contribution in [2.24, 2.45) is 0 Å². The monoisotopic (exact) mass is 318 g/mol. The maximum Gasteiger partial charge on any atom is 0.310 e. The summed E-state index contributed by atoms with van der Waals surface area (Å²) >= 11 is 0. The summed E-state index contributed by atoms with van der Waals surface area (Å²) in [6.45, 7) is 4.11. The van der Waals surface area contributed by atoms with E-state index in [1.165, 1.54) is 21.9 Å². The second kappa shape index (κ2) is 6.88. The average Bonchev–Trinajstić information content (AvgIpc) is 2.55. The summed E-state index contributed by atoms with van der Waals surface area (Å²) in [5.41, 5.74) is 4.45. The molecule has 0 aliphatic heterocycles. The Kier molecular flexibility index (Phi) is 4.66. The van der Waals surface area contributed by atoms with Crippen molar-refractivity contribution in [1.82, 2.24) is 0 Å². The Morgan fingerprint density at radius 2 is 1.67 bits per heavy atom. The van der Waals surface area contributed by atoms with Gasteiger partial charge in [0.1, 0.15) is 0 Å². The summed E-state index contributed by atoms with van der Waals surface area (Å²) in [5.74, 6) is -1.22. The molecule has 0 spiro atoms. The van der Waals surface area contributed by atoms with Crippen molar-refractivity contribution in [1.29, 1.82) is 0 Å². The normalized spacial score (nSPS) is 12.2. The van der Waals surface area contributed by atoms with Gasteiger partial charge in [0, 0.05) is 0 Å². The molecule has 0 aliphatic carbocycles. The largest absolute Gasteiger partial charge is 0.481 e. The van der Waals surface area contributed by atoms with Crippen molar-refractivity contribution in [3.8, 4) is 0 Å². The highest BCUT2D eigenvalue weighted by atomic mass is 16.4. The first-order valence-corrected chi connectivity index (χ1v) is 8.33. The Bertz CT molecular complexity index is 880. The molecule has 1 unspecified atom stereocenters. The molecule has 0 aromatic heterocycles. The summed E-state index contributed by atoms with van der Waals surface area (Å²) < 4.78 is 0. The van der Waals surface area contributed by atoms with Crippen LogP contribution in [0.2, 0.25) is 0 Å². The molecule has 0 radical (unpaired) electrons. The first-order chi connectivity index (χ1) is 11.6. The van der Waals surface area contributed by atoms with Crippen LogP contribution in [0.1, 0.15) is 34.6 Å². The van der Waals surface area contributed by atoms with E-state index in [-0.39, 0.29) is 0 Å². The molecule has 2 nitrogen and oxygen atoms in total. The molecule has 3 aromatic carbocycles. The number of aliphatic carboxylic acids is 1. The Morgan fingerprint density at radius 1 is 0.958 bits per heavy atom. The lowest BCUT2D eigenvalue weighted by Gasteiger charge is -2.15. The van der Waals surface area contributed by atoms with E-state index in [4.69, 9.17) is 0 Å². The lowest BCUT2D eigenvalue weighted by Crippen LogP contribution is -2.13. The van der Waals surface area contributed by atoms with Crippen LogP contribution in [0.5, 0.6) is 0 Å². The fourth-order valence-corrected chi connectivity index (χ4v) is 3.37. The van der Waals surface area contributed by atoms with Crippen LogP contribution in [0.3, 0.4) is 0 Å². The van der Waals surface area contributed by atoms with Crippen LogP contribution >= 0.6 is 0 Å². The fourth-order valence-electron chi connectivity index (χ4n) is 3.37. The number of rotatable bonds is 5. The van der Waals surface area contributed by atoms with Crippen molar-refractivity contribution in [3.63, 3.8) is 0 Å². The van der Waals surface area contributed by atoms with E-state index in [1.54, 1.807) is 0 Å². The Balaban J connectivity index is 1.88. The minimum Gasteiger partial charge on any atom is -0.481 e. The quantitative estimate of drug-likeness (QED) is 0.697. The molecule has 1 N–H and O–H groups in total. The summed E-state index contributed by atoms with van der Waals surface area (Å²) in [7, 11) is 0. The molecule has 1 atom stereocenters. The van der Waals surface area contributed by atoms with Crippen LogP contribution in [0.25, 0.3) is 10.8 Å². The van der Waals surface area contributed by atoms with Crippen LogP contribution in [-0.2, 0) is 11.2 Å². The summed E-state index contributed by atoms with van der Waals surface area (Å²) in [6.07, 6.45) is 1.36. The van der Waals surface area contributed by atoms with Crippen molar-refractivity contribution >= 4 is 16.7 Å². The number of aryl methyl sites for hydroxylation is 3. The highest BCUT2D eigenvalue weighted by molar-refractivity contribution is 5.88. The molecule has 0 amide bonds. The van der Waals surface area contributed by atoms with Gasteiger partial charge in [0.25, 0.3) is 0 Å². The zero-order valence-corrected chi connectivity index (χ0v) is 14.1. The van der Waals surface area contributed by atoms with Crippen LogP contribution in [0.4, 0.5) is 0 Å². The predicted octanol–water partition coefficient (Wildman–Crippen LogP) is 5.26. The highest BCUT2D eigenvalue weighted by Gasteiger charge is 2.20. The van der Waals surface area contributed by atoms with Crippen LogP contribution in [0.15, 0.2) is 60.7 Å². The predicted molar refractivity (Wildman–Crippen MR) is 98.6 cm³/mol. The van der Waals surface area contributed by atoms with Gasteiger partial charge in [-0.3, -0.25) is 4.79 Å². The van der Waals surface area contributed by atoms with Gasteiger partial charge in [-0.1, -0.05) is 66.2 Å². The molecule has 0 saturated heterocycles. The molecular formula is C22H22O2. The number of benzene rings is 3. The summed E-state index contributed by atoms with van der Waals surface area (Å²) in [4.78, 5) is 11.8. The summed E-state index contributed by atoms with van der Waals surface area (Å²) in [5, 5.41) is 12.1. The van der Waals surface area contributed by atoms with Crippen LogP contribution < -0.4 is 0 Å². The molecule has 24 heavy (non-hydrogen) atoms. The Morgan fingerprint density at radius 3 is 2.42 bits per heavy atom. The van der Waals surface area contributed by atoms with E-state index < -0.39 is 11.9 Å². The molecule has 0 saturated carbocycles. The van der Waals surface area contributed by atoms with E-state index in [1.807, 2.05) is 31.2 Å². The molecule has 2 heteroatoms. The molecule has 3 rings (SSSR count). The maximum absolute atomic E-state index is 11.8. The topological polar surface area (TPSA) is 37.3 Å². The van der Waals surface area contributed by atoms with Gasteiger partial charge >= 0.3 is 5.97 Å². The first-order valence-electron chi connectivity index (χ1n) is 8.33. The van der Waals surface area contributed by atoms with E-state index in [0.717, 1.165) is 17.5 Å². The van der Waals surface area contributed by atoms with Gasteiger partial charge in [-0.15, -0.1) is 0 Å². The first kappa shape index (κ1) is 16.3. The van der Waals surface area contributed by atoms with Gasteiger partial charge in [0.2, 0.25) is 0 Å². The smallest absolute Gasteiger partial charge is 0.310 e. The van der Waals surface area contributed by atoms with Crippen molar-refractivity contribution in [2.75, 3.05) is 0 Å². The van der Waals surface area contributed by atoms with Crippen LogP contribution in [0, 0.1) is 13.8 Å². The van der Waals surface area contributed by atoms with Crippen molar-refractivity contribution in [3.05, 3.63) is 82.9 Å². The second-order valence-electron chi connectivity index (χ2n) is 6.43. The van der Waals surface area contributed by atoms with E-state index in [2.05, 4.69) is 43.3 Å². The van der Waals surface area contributed by atoms with E-state index >= 15 is 0 Å². The Hall–Kier alpha value is -2.61. The van der Waals surface area contributed by atoms with Gasteiger partial charge < -0.3 is 5.11 Å². The molecule has 0 aliphatic rings. The van der Waals surface area contributed by atoms with Gasteiger partial charge in [-0.25, -0.2) is 0 Å². The second-order valence-corrected chi connectivity index (χ2v) is 6.43. The van der Waals surface area contributed by atoms with Gasteiger partial charge in [0.15, 0.2) is 0 Å². The zero-order chi connectivity index (χ0) is 17.1. The third-order valence-corrected chi connectivity index (χ3v) is 4.68. The molecule has 3 aromatic rings. The molecule has 0 fully saturated rings. The standard InChI is InChI=1S/C22H22O2/c1-15-6-3-9-18(14-15)21(22(23)24)13-12-17-8-5-10-19-16(2)7-4-11-20(17)19/h3-11,14,21H,12-13H2,1-2H3,(H,23,24). The maximum atomic E-state index is 11.8. The highest BCUT2D eigenvalue weighted by Crippen LogP contribution is 2.27. The number of fused-ring (bicyclic) bond motifs is 1. The lowest BCUT2D eigenvalue weighted by atomic mass is 9.90. The Labute approximate surface area is 142 Å². The number of carboxylic acids is 1. The number of hydrogen-bond donors (Lipinski definition) is 1. The number of hydrogen-bond acceptors (Lipinski definition) is 1. The van der Waals surface area contributed by atoms with Gasteiger partial charge in [-0.2, -0.15) is 0 Å². The summed E-state index contributed by atoms with van der Waals surface area (Å²) in [6, 6.07) is 20.4. The lowest BCUT2D eigenvalue weighted by molar-refractivity contribution is -0.138. The number of carboxylic acid groups (broad SMARTS) is 1. The van der Waals surface area contributed by atoms with E-state index in [0.29, 0.717) is 6.42 Å². The number of carbonyl (C=O) groups is 1. The molecule has 0 bridgehead atoms. The minimum absolute atomic E-state index is 0.468. The van der Waals surface area contributed by atoms with Crippen LogP contribution in [-0.4, -0.2) is 11.1 Å². The SMILES string of the molecule is Cc1cccc(C(CCc2cccc3c(C)cccc23)C(=O)O)c1. The van der Waals surface area contributed by atoms with Crippen molar-refractivity contribution < 1.29 is 9.90 Å². The van der Waals surface area contributed by atoms with Crippen molar-refractivity contribution in [2.45, 2.75) is 32.6 Å². The molecule has 122 valence electrons. The molecular weight excluding hydrogens is 296 g/mol.